The Morgan fingerprint density at radius 3 is 1.41 bits per heavy atom. The predicted octanol–water partition coefficient (Wildman–Crippen LogP) is 15.2. The second-order valence-electron chi connectivity index (χ2n) is 22.1. The Morgan fingerprint density at radius 2 is 0.895 bits per heavy atom. The summed E-state index contributed by atoms with van der Waals surface area (Å²) in [6.45, 7) is 4.28. The fourth-order valence-electron chi connectivity index (χ4n) is 9.83. The van der Waals surface area contributed by atoms with Gasteiger partial charge in [-0.05, 0) is 77.0 Å². The van der Waals surface area contributed by atoms with Gasteiger partial charge in [-0.15, -0.1) is 0 Å². The zero-order valence-corrected chi connectivity index (χ0v) is 49.0. The van der Waals surface area contributed by atoms with E-state index in [-0.39, 0.29) is 18.5 Å². The van der Waals surface area contributed by atoms with Crippen LogP contribution in [0.3, 0.4) is 0 Å². The van der Waals surface area contributed by atoms with Gasteiger partial charge in [-0.3, -0.25) is 9.59 Å². The zero-order chi connectivity index (χ0) is 55.2. The van der Waals surface area contributed by atoms with Gasteiger partial charge in [0.15, 0.2) is 6.29 Å². The first kappa shape index (κ1) is 71.6. The smallest absolute Gasteiger partial charge is 0.305 e. The van der Waals surface area contributed by atoms with E-state index >= 15 is 0 Å². The summed E-state index contributed by atoms with van der Waals surface area (Å²) < 4.78 is 16.7. The van der Waals surface area contributed by atoms with E-state index in [2.05, 4.69) is 55.6 Å². The molecule has 1 saturated heterocycles. The van der Waals surface area contributed by atoms with Gasteiger partial charge >= 0.3 is 5.97 Å². The summed E-state index contributed by atoms with van der Waals surface area (Å²) in [6, 6.07) is -0.831. The lowest BCUT2D eigenvalue weighted by atomic mass is 9.99. The molecule has 1 aliphatic heterocycles. The maximum absolute atomic E-state index is 13.0. The summed E-state index contributed by atoms with van der Waals surface area (Å²) in [4.78, 5) is 25.0. The van der Waals surface area contributed by atoms with Crippen molar-refractivity contribution in [1.29, 1.82) is 0 Å². The van der Waals surface area contributed by atoms with E-state index in [1.807, 2.05) is 6.08 Å². The Bertz CT molecular complexity index is 1400. The summed E-state index contributed by atoms with van der Waals surface area (Å²) >= 11 is 0. The van der Waals surface area contributed by atoms with Gasteiger partial charge in [-0.2, -0.15) is 0 Å². The quantitative estimate of drug-likeness (QED) is 0.0195. The number of aliphatic hydroxyl groups excluding tert-OH is 5. The number of esters is 1. The Labute approximate surface area is 466 Å². The maximum Gasteiger partial charge on any atom is 0.305 e. The largest absolute Gasteiger partial charge is 0.466 e. The number of aliphatic hydroxyl groups is 5. The molecule has 444 valence electrons. The van der Waals surface area contributed by atoms with Gasteiger partial charge in [0.2, 0.25) is 5.91 Å². The highest BCUT2D eigenvalue weighted by atomic mass is 16.7. The molecule has 0 aromatic rings. The number of carbonyl (C=O) groups is 2. The first-order chi connectivity index (χ1) is 37.2. The van der Waals surface area contributed by atoms with E-state index in [0.717, 1.165) is 77.0 Å². The standard InChI is InChI=1S/C65H119NO10/c1-3-5-7-9-11-13-14-15-30-33-37-41-45-49-53-61(70)74-54-50-46-42-38-34-31-28-26-24-22-20-18-16-17-19-21-23-25-27-29-32-36-40-44-48-52-60(69)66-57(58(68)51-47-43-39-35-12-10-8-6-4-2)56-75-65-64(73)63(72)62(71)59(55-67)76-65/h12,17-20,35,47,51,57-59,62-65,67-68,71-73H,3-11,13-16,21-34,36-46,48-50,52-56H2,1-2H3,(H,66,69)/b19-17-,20-18-,35-12+,51-47+. The van der Waals surface area contributed by atoms with Crippen LogP contribution in [0.25, 0.3) is 0 Å². The van der Waals surface area contributed by atoms with E-state index in [9.17, 15) is 35.1 Å². The average Bonchev–Trinajstić information content (AvgIpc) is 3.42. The molecule has 1 rings (SSSR count). The monoisotopic (exact) mass is 1070 g/mol. The second kappa shape index (κ2) is 54.6. The molecule has 11 nitrogen and oxygen atoms in total. The first-order valence-corrected chi connectivity index (χ1v) is 31.9. The van der Waals surface area contributed by atoms with Crippen molar-refractivity contribution >= 4 is 11.9 Å². The van der Waals surface area contributed by atoms with Gasteiger partial charge in [0.05, 0.1) is 32.0 Å². The number of allylic oxidation sites excluding steroid dienone is 7. The van der Waals surface area contributed by atoms with E-state index in [0.29, 0.717) is 19.4 Å². The molecule has 1 amide bonds. The minimum atomic E-state index is -1.58. The first-order valence-electron chi connectivity index (χ1n) is 31.9. The van der Waals surface area contributed by atoms with Crippen LogP contribution in [0.4, 0.5) is 0 Å². The third kappa shape index (κ3) is 43.5. The van der Waals surface area contributed by atoms with E-state index in [1.165, 1.54) is 186 Å². The van der Waals surface area contributed by atoms with Crippen LogP contribution in [0.1, 0.15) is 290 Å². The molecule has 7 unspecified atom stereocenters. The van der Waals surface area contributed by atoms with Gasteiger partial charge in [0.1, 0.15) is 24.4 Å². The maximum atomic E-state index is 13.0. The van der Waals surface area contributed by atoms with Crippen LogP contribution in [-0.2, 0) is 23.8 Å². The molecule has 6 N–H and O–H groups in total. The normalized spacial score (nSPS) is 19.0. The van der Waals surface area contributed by atoms with Crippen molar-refractivity contribution in [2.45, 2.75) is 333 Å². The van der Waals surface area contributed by atoms with Crippen molar-refractivity contribution in [3.63, 3.8) is 0 Å². The number of hydrogen-bond acceptors (Lipinski definition) is 10. The molecule has 0 aromatic heterocycles. The molecule has 0 radical (unpaired) electrons. The lowest BCUT2D eigenvalue weighted by Crippen LogP contribution is -2.60. The fraction of sp³-hybridized carbons (Fsp3) is 0.846. The fourth-order valence-corrected chi connectivity index (χ4v) is 9.83. The summed E-state index contributed by atoms with van der Waals surface area (Å²) in [6.07, 6.45) is 59.5. The predicted molar refractivity (Wildman–Crippen MR) is 315 cm³/mol. The summed E-state index contributed by atoms with van der Waals surface area (Å²) in [5.41, 5.74) is 0. The number of nitrogens with one attached hydrogen (secondary N) is 1. The van der Waals surface area contributed by atoms with Crippen LogP contribution in [0.2, 0.25) is 0 Å². The topological polar surface area (TPSA) is 175 Å². The zero-order valence-electron chi connectivity index (χ0n) is 49.0. The number of unbranched alkanes of at least 4 members (excludes halogenated alkanes) is 35. The third-order valence-corrected chi connectivity index (χ3v) is 14.9. The minimum Gasteiger partial charge on any atom is -0.466 e. The highest BCUT2D eigenvalue weighted by molar-refractivity contribution is 5.76. The van der Waals surface area contributed by atoms with Crippen LogP contribution in [0, 0.1) is 0 Å². The van der Waals surface area contributed by atoms with E-state index < -0.39 is 49.5 Å². The van der Waals surface area contributed by atoms with Crippen molar-refractivity contribution in [2.24, 2.45) is 0 Å². The van der Waals surface area contributed by atoms with Gasteiger partial charge < -0.3 is 45.1 Å². The van der Waals surface area contributed by atoms with E-state index in [1.54, 1.807) is 6.08 Å². The van der Waals surface area contributed by atoms with Crippen LogP contribution < -0.4 is 5.32 Å². The van der Waals surface area contributed by atoms with E-state index in [4.69, 9.17) is 14.2 Å². The van der Waals surface area contributed by atoms with Crippen molar-refractivity contribution < 1.29 is 49.3 Å². The number of ether oxygens (including phenoxy) is 3. The summed E-state index contributed by atoms with van der Waals surface area (Å²) in [7, 11) is 0. The SMILES string of the molecule is CCCCC/C=C/CC/C=C/C(O)C(COC1OC(CO)C(O)C(O)C1O)NC(=O)CCCCCCCCCCC/C=C\C/C=C\CCCCCCCCCCCOC(=O)CCCCCCCCCCCCCCCC. The third-order valence-electron chi connectivity index (χ3n) is 14.9. The molecule has 7 atom stereocenters. The Kier molecular flexibility index (Phi) is 51.4. The number of carbonyl (C=O) groups excluding carboxylic acids is 2. The molecule has 1 fully saturated rings. The Balaban J connectivity index is 1.99. The van der Waals surface area contributed by atoms with Crippen molar-refractivity contribution in [3.8, 4) is 0 Å². The Hall–Kier alpha value is -2.38. The molecule has 0 aliphatic carbocycles. The number of hydrogen-bond donors (Lipinski definition) is 6. The lowest BCUT2D eigenvalue weighted by Gasteiger charge is -2.40. The van der Waals surface area contributed by atoms with Gasteiger partial charge in [-0.1, -0.05) is 249 Å². The highest BCUT2D eigenvalue weighted by Crippen LogP contribution is 2.23. The molecule has 1 aliphatic rings. The number of amides is 1. The summed E-state index contributed by atoms with van der Waals surface area (Å²) in [5.74, 6) is -0.201. The number of rotatable bonds is 55. The molecular weight excluding hydrogens is 955 g/mol. The van der Waals surface area contributed by atoms with Crippen molar-refractivity contribution in [2.75, 3.05) is 19.8 Å². The Morgan fingerprint density at radius 1 is 0.487 bits per heavy atom. The molecule has 1 heterocycles. The molecule has 0 saturated carbocycles. The van der Waals surface area contributed by atoms with Crippen molar-refractivity contribution in [3.05, 3.63) is 48.6 Å². The van der Waals surface area contributed by atoms with Crippen LogP contribution in [0.5, 0.6) is 0 Å². The summed E-state index contributed by atoms with van der Waals surface area (Å²) in [5, 5.41) is 54.2. The van der Waals surface area contributed by atoms with Crippen LogP contribution in [-0.4, -0.2) is 100 Å². The average molecular weight is 1070 g/mol. The molecule has 76 heavy (non-hydrogen) atoms. The molecule has 11 heteroatoms. The van der Waals surface area contributed by atoms with Crippen molar-refractivity contribution in [1.82, 2.24) is 5.32 Å². The van der Waals surface area contributed by atoms with Gasteiger partial charge in [0, 0.05) is 12.8 Å². The molecule has 0 aromatic carbocycles. The van der Waals surface area contributed by atoms with Crippen LogP contribution >= 0.6 is 0 Å². The minimum absolute atomic E-state index is 0.0000631. The molecular formula is C65H119NO10. The highest BCUT2D eigenvalue weighted by Gasteiger charge is 2.44. The lowest BCUT2D eigenvalue weighted by molar-refractivity contribution is -0.302. The second-order valence-corrected chi connectivity index (χ2v) is 22.1. The van der Waals surface area contributed by atoms with Gasteiger partial charge in [-0.25, -0.2) is 0 Å². The van der Waals surface area contributed by atoms with Crippen LogP contribution in [0.15, 0.2) is 48.6 Å². The molecule has 0 spiro atoms. The molecule has 0 bridgehead atoms. The van der Waals surface area contributed by atoms with Gasteiger partial charge in [0.25, 0.3) is 0 Å².